The van der Waals surface area contributed by atoms with E-state index in [2.05, 4.69) is 15.5 Å². The molecule has 1 heterocycles. The van der Waals surface area contributed by atoms with Crippen molar-refractivity contribution in [1.82, 2.24) is 10.3 Å². The Labute approximate surface area is 182 Å². The van der Waals surface area contributed by atoms with Gasteiger partial charge in [0.1, 0.15) is 24.2 Å². The summed E-state index contributed by atoms with van der Waals surface area (Å²) in [4.78, 5) is 22.0. The van der Waals surface area contributed by atoms with Crippen LogP contribution in [0.5, 0.6) is 5.75 Å². The lowest BCUT2D eigenvalue weighted by atomic mass is 9.93. The number of nitrogens with one attached hydrogen (secondary N) is 1. The second-order valence-electron chi connectivity index (χ2n) is 6.99. The number of carbonyl (C=O) groups is 1. The van der Waals surface area contributed by atoms with Gasteiger partial charge in [-0.3, -0.25) is 4.79 Å². The van der Waals surface area contributed by atoms with Gasteiger partial charge >= 0.3 is 6.18 Å². The minimum absolute atomic E-state index is 0.0478. The predicted molar refractivity (Wildman–Crippen MR) is 110 cm³/mol. The van der Waals surface area contributed by atoms with E-state index in [1.807, 2.05) is 0 Å². The molecule has 31 heavy (non-hydrogen) atoms. The van der Waals surface area contributed by atoms with Gasteiger partial charge in [0.25, 0.3) is 5.91 Å². The summed E-state index contributed by atoms with van der Waals surface area (Å²) in [5.41, 5.74) is 1.37. The molecule has 6 nitrogen and oxygen atoms in total. The molecular weight excluding hydrogens is 435 g/mol. The van der Waals surface area contributed by atoms with Crippen molar-refractivity contribution in [3.05, 3.63) is 47.1 Å². The van der Waals surface area contributed by atoms with E-state index in [0.29, 0.717) is 23.4 Å². The van der Waals surface area contributed by atoms with Crippen molar-refractivity contribution < 1.29 is 27.5 Å². The van der Waals surface area contributed by atoms with Gasteiger partial charge in [0.2, 0.25) is 0 Å². The zero-order valence-corrected chi connectivity index (χ0v) is 17.5. The number of benzene rings is 1. The van der Waals surface area contributed by atoms with Crippen LogP contribution in [0.15, 0.2) is 41.6 Å². The Balaban J connectivity index is 1.88. The number of halogens is 4. The maximum absolute atomic E-state index is 12.8. The van der Waals surface area contributed by atoms with Gasteiger partial charge in [-0.2, -0.15) is 13.2 Å². The molecule has 2 aromatic rings. The SMILES string of the molecule is CON=C1CCCC[C@@H]1NC(=O)c1ccc(OCC(F)(F)F)c(-c2ccc(Cl)cc2)n1. The Morgan fingerprint density at radius 1 is 1.23 bits per heavy atom. The zero-order chi connectivity index (χ0) is 22.4. The highest BCUT2D eigenvalue weighted by Gasteiger charge is 2.29. The van der Waals surface area contributed by atoms with Gasteiger partial charge in [-0.1, -0.05) is 35.3 Å². The molecule has 166 valence electrons. The highest BCUT2D eigenvalue weighted by molar-refractivity contribution is 6.30. The van der Waals surface area contributed by atoms with Crippen molar-refractivity contribution in [2.45, 2.75) is 37.9 Å². The molecule has 0 bridgehead atoms. The van der Waals surface area contributed by atoms with Gasteiger partial charge in [0, 0.05) is 10.6 Å². The number of hydrogen-bond donors (Lipinski definition) is 1. The van der Waals surface area contributed by atoms with E-state index in [1.165, 1.54) is 19.2 Å². The van der Waals surface area contributed by atoms with Crippen molar-refractivity contribution in [2.24, 2.45) is 5.16 Å². The number of aromatic nitrogens is 1. The Kier molecular flexibility index (Phi) is 7.37. The van der Waals surface area contributed by atoms with Crippen molar-refractivity contribution in [3.63, 3.8) is 0 Å². The van der Waals surface area contributed by atoms with Crippen molar-refractivity contribution in [2.75, 3.05) is 13.7 Å². The standard InChI is InChI=1S/C21H21ClF3N3O3/c1-30-28-16-5-3-2-4-15(16)27-20(29)17-10-11-18(31-12-21(23,24)25)19(26-17)13-6-8-14(22)9-7-13/h6-11,15H,2-5,12H2,1H3,(H,27,29)/t15-/m0/s1. The number of hydrogen-bond acceptors (Lipinski definition) is 5. The van der Waals surface area contributed by atoms with Gasteiger partial charge < -0.3 is 14.9 Å². The number of amides is 1. The maximum atomic E-state index is 12.8. The number of oxime groups is 1. The molecule has 1 aliphatic rings. The topological polar surface area (TPSA) is 72.8 Å². The fraction of sp³-hybridized carbons (Fsp3) is 0.381. The summed E-state index contributed by atoms with van der Waals surface area (Å²) in [5, 5.41) is 7.32. The molecule has 1 fully saturated rings. The lowest BCUT2D eigenvalue weighted by molar-refractivity contribution is -0.153. The van der Waals surface area contributed by atoms with Crippen molar-refractivity contribution in [1.29, 1.82) is 0 Å². The van der Waals surface area contributed by atoms with E-state index >= 15 is 0 Å². The first-order valence-corrected chi connectivity index (χ1v) is 10.0. The summed E-state index contributed by atoms with van der Waals surface area (Å²) >= 11 is 5.90. The minimum atomic E-state index is -4.51. The first-order chi connectivity index (χ1) is 14.8. The molecule has 0 saturated heterocycles. The molecular formula is C21H21ClF3N3O3. The van der Waals surface area contributed by atoms with Crippen LogP contribution < -0.4 is 10.1 Å². The third kappa shape index (κ3) is 6.33. The number of rotatable bonds is 6. The van der Waals surface area contributed by atoms with E-state index in [9.17, 15) is 18.0 Å². The average molecular weight is 456 g/mol. The third-order valence-corrected chi connectivity index (χ3v) is 4.94. The normalized spacial score (nSPS) is 18.0. The second kappa shape index (κ2) is 10.00. The summed E-state index contributed by atoms with van der Waals surface area (Å²) in [6.45, 7) is -1.47. The van der Waals surface area contributed by atoms with Crippen LogP contribution >= 0.6 is 11.6 Å². The van der Waals surface area contributed by atoms with E-state index in [4.69, 9.17) is 21.2 Å². The summed E-state index contributed by atoms with van der Waals surface area (Å²) in [7, 11) is 1.44. The molecule has 1 atom stereocenters. The highest BCUT2D eigenvalue weighted by Crippen LogP contribution is 2.31. The van der Waals surface area contributed by atoms with Crippen molar-refractivity contribution in [3.8, 4) is 17.0 Å². The van der Waals surface area contributed by atoms with Crippen LogP contribution in [0.25, 0.3) is 11.3 Å². The first kappa shape index (κ1) is 22.9. The molecule has 10 heteroatoms. The van der Waals surface area contributed by atoms with Crippen LogP contribution in [-0.4, -0.2) is 42.5 Å². The summed E-state index contributed by atoms with van der Waals surface area (Å²) in [6.07, 6.45) is -1.19. The fourth-order valence-corrected chi connectivity index (χ4v) is 3.40. The second-order valence-corrected chi connectivity index (χ2v) is 7.43. The van der Waals surface area contributed by atoms with Crippen LogP contribution in [0.2, 0.25) is 5.02 Å². The number of alkyl halides is 3. The molecule has 1 saturated carbocycles. The van der Waals surface area contributed by atoms with Gasteiger partial charge in [0.05, 0.1) is 11.8 Å². The molecule has 1 N–H and O–H groups in total. The lowest BCUT2D eigenvalue weighted by Crippen LogP contribution is -2.43. The molecule has 0 radical (unpaired) electrons. The van der Waals surface area contributed by atoms with Gasteiger partial charge in [0.15, 0.2) is 6.61 Å². The van der Waals surface area contributed by atoms with Gasteiger partial charge in [-0.05, 0) is 43.5 Å². The lowest BCUT2D eigenvalue weighted by Gasteiger charge is -2.24. The van der Waals surface area contributed by atoms with E-state index < -0.39 is 18.7 Å². The molecule has 3 rings (SSSR count). The molecule has 0 spiro atoms. The number of carbonyl (C=O) groups excluding carboxylic acids is 1. The zero-order valence-electron chi connectivity index (χ0n) is 16.7. The number of pyridine rings is 1. The van der Waals surface area contributed by atoms with Gasteiger partial charge in [-0.15, -0.1) is 0 Å². The molecule has 1 aliphatic carbocycles. The fourth-order valence-electron chi connectivity index (χ4n) is 3.27. The molecule has 1 aromatic heterocycles. The number of ether oxygens (including phenoxy) is 1. The Hall–Kier alpha value is -2.81. The molecule has 0 aliphatic heterocycles. The van der Waals surface area contributed by atoms with Crippen LogP contribution in [0.3, 0.4) is 0 Å². The van der Waals surface area contributed by atoms with Crippen LogP contribution in [0.4, 0.5) is 13.2 Å². The third-order valence-electron chi connectivity index (χ3n) is 4.69. The van der Waals surface area contributed by atoms with E-state index in [1.54, 1.807) is 24.3 Å². The monoisotopic (exact) mass is 455 g/mol. The largest absolute Gasteiger partial charge is 0.482 e. The Morgan fingerprint density at radius 3 is 2.65 bits per heavy atom. The quantitative estimate of drug-likeness (QED) is 0.621. The summed E-state index contributed by atoms with van der Waals surface area (Å²) < 4.78 is 42.9. The molecule has 1 aromatic carbocycles. The molecule has 1 amide bonds. The maximum Gasteiger partial charge on any atom is 0.422 e. The van der Waals surface area contributed by atoms with Crippen LogP contribution in [-0.2, 0) is 4.84 Å². The Morgan fingerprint density at radius 2 is 1.97 bits per heavy atom. The molecule has 0 unspecified atom stereocenters. The Bertz CT molecular complexity index is 949. The predicted octanol–water partition coefficient (Wildman–Crippen LogP) is 5.02. The van der Waals surface area contributed by atoms with Crippen molar-refractivity contribution >= 4 is 23.2 Å². The first-order valence-electron chi connectivity index (χ1n) is 9.64. The highest BCUT2D eigenvalue weighted by atomic mass is 35.5. The minimum Gasteiger partial charge on any atom is -0.482 e. The van der Waals surface area contributed by atoms with Crippen LogP contribution in [0, 0.1) is 0 Å². The summed E-state index contributed by atoms with van der Waals surface area (Å²) in [5.74, 6) is -0.552. The number of nitrogens with zero attached hydrogens (tertiary/aromatic N) is 2. The average Bonchev–Trinajstić information content (AvgIpc) is 2.74. The van der Waals surface area contributed by atoms with E-state index in [-0.39, 0.29) is 23.2 Å². The smallest absolute Gasteiger partial charge is 0.422 e. The van der Waals surface area contributed by atoms with Gasteiger partial charge in [-0.25, -0.2) is 4.98 Å². The van der Waals surface area contributed by atoms with Crippen LogP contribution in [0.1, 0.15) is 36.2 Å². The summed E-state index contributed by atoms with van der Waals surface area (Å²) in [6, 6.07) is 8.69. The van der Waals surface area contributed by atoms with E-state index in [0.717, 1.165) is 18.6 Å².